The Morgan fingerprint density at radius 2 is 1.81 bits per heavy atom. The number of carbonyl (C=O) groups is 2. The Labute approximate surface area is 195 Å². The molecule has 2 N–H and O–H groups in total. The molecule has 162 valence electrons. The van der Waals surface area contributed by atoms with Crippen LogP contribution in [0.25, 0.3) is 11.8 Å². The summed E-state index contributed by atoms with van der Waals surface area (Å²) in [5, 5.41) is 22.1. The summed E-state index contributed by atoms with van der Waals surface area (Å²) in [4.78, 5) is 23.9. The number of halogens is 2. The molecule has 0 unspecified atom stereocenters. The van der Waals surface area contributed by atoms with Crippen molar-refractivity contribution < 1.29 is 14.7 Å². The highest BCUT2D eigenvalue weighted by atomic mass is 35.5. The van der Waals surface area contributed by atoms with E-state index in [0.29, 0.717) is 16.3 Å². The fourth-order valence-electron chi connectivity index (χ4n) is 3.43. The number of carboxylic acids is 1. The van der Waals surface area contributed by atoms with E-state index in [-0.39, 0.29) is 16.2 Å². The maximum atomic E-state index is 12.7. The first-order valence-corrected chi connectivity index (χ1v) is 10.3. The average Bonchev–Trinajstić information content (AvgIpc) is 3.01. The van der Waals surface area contributed by atoms with Crippen molar-refractivity contribution in [2.75, 3.05) is 5.32 Å². The zero-order valence-corrected chi connectivity index (χ0v) is 19.0. The van der Waals surface area contributed by atoms with Crippen LogP contribution in [-0.4, -0.2) is 21.6 Å². The summed E-state index contributed by atoms with van der Waals surface area (Å²) in [5.41, 5.74) is 4.45. The van der Waals surface area contributed by atoms with E-state index in [0.717, 1.165) is 22.6 Å². The predicted molar refractivity (Wildman–Crippen MR) is 126 cm³/mol. The zero-order valence-electron chi connectivity index (χ0n) is 17.5. The molecule has 1 aromatic heterocycles. The van der Waals surface area contributed by atoms with E-state index in [4.69, 9.17) is 23.2 Å². The first-order chi connectivity index (χ1) is 15.1. The van der Waals surface area contributed by atoms with Gasteiger partial charge in [-0.15, -0.1) is 0 Å². The van der Waals surface area contributed by atoms with Gasteiger partial charge < -0.3 is 15.0 Å². The highest BCUT2D eigenvalue weighted by molar-refractivity contribution is 6.36. The lowest BCUT2D eigenvalue weighted by atomic mass is 10.1. The summed E-state index contributed by atoms with van der Waals surface area (Å²) < 4.78 is 1.95. The summed E-state index contributed by atoms with van der Waals surface area (Å²) in [6.45, 7) is 5.60. The van der Waals surface area contributed by atoms with Crippen LogP contribution in [0.4, 0.5) is 5.69 Å². The van der Waals surface area contributed by atoms with Crippen LogP contribution in [-0.2, 0) is 4.79 Å². The zero-order chi connectivity index (χ0) is 23.6. The molecule has 0 spiro atoms. The van der Waals surface area contributed by atoms with Crippen LogP contribution in [0.2, 0.25) is 10.0 Å². The summed E-state index contributed by atoms with van der Waals surface area (Å²) in [6, 6.07) is 13.3. The van der Waals surface area contributed by atoms with Gasteiger partial charge in [0.25, 0.3) is 5.91 Å². The minimum atomic E-state index is -0.991. The van der Waals surface area contributed by atoms with Crippen molar-refractivity contribution in [3.63, 3.8) is 0 Å². The summed E-state index contributed by atoms with van der Waals surface area (Å²) >= 11 is 12.0. The second kappa shape index (κ2) is 9.31. The van der Waals surface area contributed by atoms with E-state index in [1.54, 1.807) is 30.3 Å². The Kier molecular flexibility index (Phi) is 6.73. The number of rotatable bonds is 5. The minimum absolute atomic E-state index is 0.0887. The van der Waals surface area contributed by atoms with Gasteiger partial charge in [0.1, 0.15) is 11.6 Å². The van der Waals surface area contributed by atoms with Gasteiger partial charge in [-0.2, -0.15) is 5.26 Å². The quantitative estimate of drug-likeness (QED) is 0.357. The standard InChI is InChI=1S/C24H19Cl2N3O3/c1-13-8-16(24(31)32)4-7-22(13)29-14(2)9-17(15(29)3)10-18(12-27)23(30)28-21-6-5-19(25)11-20(21)26/h4-11H,1-3H3,(H,28,30)(H,31,32)/b18-10-. The van der Waals surface area contributed by atoms with E-state index < -0.39 is 11.9 Å². The molecule has 32 heavy (non-hydrogen) atoms. The van der Waals surface area contributed by atoms with Gasteiger partial charge in [-0.1, -0.05) is 23.2 Å². The molecule has 0 saturated carbocycles. The maximum Gasteiger partial charge on any atom is 0.335 e. The largest absolute Gasteiger partial charge is 0.478 e. The number of amides is 1. The number of carboxylic acid groups (broad SMARTS) is 1. The molecule has 0 fully saturated rings. The van der Waals surface area contributed by atoms with Crippen LogP contribution < -0.4 is 5.32 Å². The number of hydrogen-bond donors (Lipinski definition) is 2. The monoisotopic (exact) mass is 467 g/mol. The summed E-state index contributed by atoms with van der Waals surface area (Å²) in [7, 11) is 0. The van der Waals surface area contributed by atoms with Crippen LogP contribution in [0.5, 0.6) is 0 Å². The first-order valence-electron chi connectivity index (χ1n) is 9.54. The van der Waals surface area contributed by atoms with Gasteiger partial charge >= 0.3 is 5.97 Å². The van der Waals surface area contributed by atoms with Crippen LogP contribution in [0.3, 0.4) is 0 Å². The second-order valence-corrected chi connectivity index (χ2v) is 8.06. The molecule has 3 rings (SSSR count). The molecule has 0 saturated heterocycles. The molecular formula is C24H19Cl2N3O3. The number of nitriles is 1. The van der Waals surface area contributed by atoms with Gasteiger partial charge in [0.05, 0.1) is 16.3 Å². The Morgan fingerprint density at radius 3 is 2.41 bits per heavy atom. The van der Waals surface area contributed by atoms with Crippen LogP contribution in [0.15, 0.2) is 48.0 Å². The summed E-state index contributed by atoms with van der Waals surface area (Å²) in [6.07, 6.45) is 1.51. The first kappa shape index (κ1) is 23.1. The van der Waals surface area contributed by atoms with Crippen molar-refractivity contribution >= 4 is 46.8 Å². The molecule has 0 aliphatic rings. The third-order valence-electron chi connectivity index (χ3n) is 5.00. The van der Waals surface area contributed by atoms with Crippen LogP contribution in [0, 0.1) is 32.1 Å². The number of carbonyl (C=O) groups excluding carboxylic acids is 1. The molecule has 0 atom stereocenters. The number of aryl methyl sites for hydroxylation is 2. The molecule has 1 heterocycles. The number of nitrogens with zero attached hydrogens (tertiary/aromatic N) is 2. The van der Waals surface area contributed by atoms with E-state index in [9.17, 15) is 20.0 Å². The Hall–Kier alpha value is -3.53. The number of benzene rings is 2. The van der Waals surface area contributed by atoms with Crippen molar-refractivity contribution in [2.24, 2.45) is 0 Å². The minimum Gasteiger partial charge on any atom is -0.478 e. The fraction of sp³-hybridized carbons (Fsp3) is 0.125. The SMILES string of the molecule is Cc1cc(C(=O)O)ccc1-n1c(C)cc(/C=C(/C#N)C(=O)Nc2ccc(Cl)cc2Cl)c1C. The number of nitrogens with one attached hydrogen (secondary N) is 1. The van der Waals surface area contributed by atoms with Crippen LogP contribution in [0.1, 0.15) is 32.9 Å². The van der Waals surface area contributed by atoms with Gasteiger partial charge in [0, 0.05) is 22.1 Å². The normalized spacial score (nSPS) is 11.2. The summed E-state index contributed by atoms with van der Waals surface area (Å²) in [5.74, 6) is -1.58. The van der Waals surface area contributed by atoms with E-state index >= 15 is 0 Å². The molecule has 8 heteroatoms. The Balaban J connectivity index is 1.97. The molecule has 1 amide bonds. The Morgan fingerprint density at radius 1 is 1.09 bits per heavy atom. The molecule has 0 aliphatic heterocycles. The second-order valence-electron chi connectivity index (χ2n) is 7.22. The van der Waals surface area contributed by atoms with Gasteiger partial charge in [-0.3, -0.25) is 4.79 Å². The number of anilines is 1. The molecule has 6 nitrogen and oxygen atoms in total. The molecular weight excluding hydrogens is 449 g/mol. The van der Waals surface area contributed by atoms with E-state index in [2.05, 4.69) is 5.32 Å². The number of hydrogen-bond acceptors (Lipinski definition) is 3. The molecule has 2 aromatic carbocycles. The van der Waals surface area contributed by atoms with E-state index in [1.807, 2.05) is 37.5 Å². The molecule has 0 aliphatic carbocycles. The lowest BCUT2D eigenvalue weighted by Crippen LogP contribution is -2.13. The van der Waals surface area contributed by atoms with Crippen molar-refractivity contribution in [2.45, 2.75) is 20.8 Å². The van der Waals surface area contributed by atoms with Crippen molar-refractivity contribution in [3.05, 3.63) is 86.2 Å². The van der Waals surface area contributed by atoms with Crippen LogP contribution >= 0.6 is 23.2 Å². The highest BCUT2D eigenvalue weighted by Crippen LogP contribution is 2.28. The third-order valence-corrected chi connectivity index (χ3v) is 5.55. The molecule has 0 bridgehead atoms. The highest BCUT2D eigenvalue weighted by Gasteiger charge is 2.16. The lowest BCUT2D eigenvalue weighted by molar-refractivity contribution is -0.112. The lowest BCUT2D eigenvalue weighted by Gasteiger charge is -2.13. The average molecular weight is 468 g/mol. The number of aromatic nitrogens is 1. The van der Waals surface area contributed by atoms with Gasteiger partial charge in [-0.05, 0) is 80.4 Å². The van der Waals surface area contributed by atoms with Gasteiger partial charge in [-0.25, -0.2) is 4.79 Å². The number of aromatic carboxylic acids is 1. The molecule has 3 aromatic rings. The maximum absolute atomic E-state index is 12.7. The molecule has 0 radical (unpaired) electrons. The Bertz CT molecular complexity index is 1320. The topological polar surface area (TPSA) is 95.1 Å². The smallest absolute Gasteiger partial charge is 0.335 e. The van der Waals surface area contributed by atoms with Crippen molar-refractivity contribution in [3.8, 4) is 11.8 Å². The third kappa shape index (κ3) is 4.70. The van der Waals surface area contributed by atoms with Crippen molar-refractivity contribution in [1.82, 2.24) is 4.57 Å². The van der Waals surface area contributed by atoms with E-state index in [1.165, 1.54) is 12.1 Å². The fourth-order valence-corrected chi connectivity index (χ4v) is 3.88. The predicted octanol–water partition coefficient (Wildman–Crippen LogP) is 5.95. The van der Waals surface area contributed by atoms with Gasteiger partial charge in [0.2, 0.25) is 0 Å². The van der Waals surface area contributed by atoms with Crippen molar-refractivity contribution in [1.29, 1.82) is 5.26 Å². The van der Waals surface area contributed by atoms with Gasteiger partial charge in [0.15, 0.2) is 0 Å².